The zero-order valence-corrected chi connectivity index (χ0v) is 15.9. The number of aromatic nitrogens is 3. The number of nitrogens with one attached hydrogen (secondary N) is 1. The molecule has 2 amide bonds. The molecule has 2 aromatic heterocycles. The molecule has 0 aliphatic carbocycles. The minimum Gasteiger partial charge on any atom is -0.339 e. The van der Waals surface area contributed by atoms with Crippen molar-refractivity contribution >= 4 is 17.5 Å². The van der Waals surface area contributed by atoms with E-state index in [1.54, 1.807) is 41.2 Å². The second kappa shape index (κ2) is 7.83. The Morgan fingerprint density at radius 2 is 1.97 bits per heavy atom. The van der Waals surface area contributed by atoms with Crippen molar-refractivity contribution in [2.24, 2.45) is 7.05 Å². The van der Waals surface area contributed by atoms with E-state index in [0.29, 0.717) is 35.6 Å². The lowest BCUT2D eigenvalue weighted by atomic mass is 10.0. The number of rotatable bonds is 4. The molecule has 0 radical (unpaired) electrons. The van der Waals surface area contributed by atoms with E-state index in [9.17, 15) is 14.0 Å². The van der Waals surface area contributed by atoms with Gasteiger partial charge in [0.05, 0.1) is 23.1 Å². The Bertz CT molecular complexity index is 1070. The van der Waals surface area contributed by atoms with Gasteiger partial charge < -0.3 is 10.2 Å². The van der Waals surface area contributed by atoms with Crippen molar-refractivity contribution in [3.8, 4) is 11.3 Å². The highest BCUT2D eigenvalue weighted by Crippen LogP contribution is 2.26. The van der Waals surface area contributed by atoms with Gasteiger partial charge in [-0.05, 0) is 43.2 Å². The van der Waals surface area contributed by atoms with Crippen LogP contribution in [-0.2, 0) is 7.05 Å². The van der Waals surface area contributed by atoms with Gasteiger partial charge in [0.1, 0.15) is 5.82 Å². The molecule has 3 aromatic rings. The van der Waals surface area contributed by atoms with Gasteiger partial charge in [0.15, 0.2) is 0 Å². The summed E-state index contributed by atoms with van der Waals surface area (Å²) in [6.07, 6.45) is 6.64. The first-order chi connectivity index (χ1) is 14.0. The molecule has 29 heavy (non-hydrogen) atoms. The molecular formula is C21H20FN5O2. The third-order valence-electron chi connectivity index (χ3n) is 4.83. The van der Waals surface area contributed by atoms with E-state index in [-0.39, 0.29) is 11.5 Å². The summed E-state index contributed by atoms with van der Waals surface area (Å²) in [5.74, 6) is -1.18. The Morgan fingerprint density at radius 1 is 1.17 bits per heavy atom. The third kappa shape index (κ3) is 4.01. The highest BCUT2D eigenvalue weighted by molar-refractivity contribution is 6.05. The molecule has 1 aromatic carbocycles. The quantitative estimate of drug-likeness (QED) is 0.739. The summed E-state index contributed by atoms with van der Waals surface area (Å²) >= 11 is 0. The van der Waals surface area contributed by atoms with E-state index < -0.39 is 11.7 Å². The van der Waals surface area contributed by atoms with Crippen molar-refractivity contribution in [1.29, 1.82) is 0 Å². The molecular weight excluding hydrogens is 373 g/mol. The van der Waals surface area contributed by atoms with E-state index in [1.165, 1.54) is 18.3 Å². The van der Waals surface area contributed by atoms with Crippen LogP contribution in [0.3, 0.4) is 0 Å². The van der Waals surface area contributed by atoms with Crippen LogP contribution in [0.2, 0.25) is 0 Å². The lowest BCUT2D eigenvalue weighted by Crippen LogP contribution is -2.28. The Morgan fingerprint density at radius 3 is 2.69 bits per heavy atom. The molecule has 1 aliphatic rings. The number of nitrogens with zero attached hydrogens (tertiary/aromatic N) is 4. The predicted molar refractivity (Wildman–Crippen MR) is 106 cm³/mol. The summed E-state index contributed by atoms with van der Waals surface area (Å²) < 4.78 is 15.9. The average Bonchev–Trinajstić information content (AvgIpc) is 3.39. The van der Waals surface area contributed by atoms with Crippen molar-refractivity contribution in [1.82, 2.24) is 19.7 Å². The van der Waals surface area contributed by atoms with Gasteiger partial charge in [-0.3, -0.25) is 19.3 Å². The number of carbonyl (C=O) groups is 2. The molecule has 0 saturated carbocycles. The fourth-order valence-electron chi connectivity index (χ4n) is 3.44. The number of halogens is 1. The highest BCUT2D eigenvalue weighted by Gasteiger charge is 2.23. The van der Waals surface area contributed by atoms with Crippen LogP contribution in [-0.4, -0.2) is 44.6 Å². The SMILES string of the molecule is Cn1cc(NC(=O)c2cc(F)cc(-c3ncccc3C(=O)N3CCCC3)c2)cn1. The molecule has 4 rings (SSSR count). The molecule has 1 aliphatic heterocycles. The van der Waals surface area contributed by atoms with Crippen molar-refractivity contribution in [3.05, 3.63) is 65.9 Å². The van der Waals surface area contributed by atoms with E-state index in [2.05, 4.69) is 15.4 Å². The summed E-state index contributed by atoms with van der Waals surface area (Å²) in [5, 5.41) is 6.67. The van der Waals surface area contributed by atoms with Crippen molar-refractivity contribution in [2.75, 3.05) is 18.4 Å². The molecule has 3 heterocycles. The summed E-state index contributed by atoms with van der Waals surface area (Å²) in [4.78, 5) is 31.6. The topological polar surface area (TPSA) is 80.1 Å². The monoisotopic (exact) mass is 393 g/mol. The summed E-state index contributed by atoms with van der Waals surface area (Å²) in [6, 6.07) is 7.34. The number of benzene rings is 1. The molecule has 0 atom stereocenters. The molecule has 1 fully saturated rings. The van der Waals surface area contributed by atoms with Crippen LogP contribution >= 0.6 is 0 Å². The highest BCUT2D eigenvalue weighted by atomic mass is 19.1. The van der Waals surface area contributed by atoms with Gasteiger partial charge in [0, 0.05) is 43.7 Å². The Kier molecular flexibility index (Phi) is 5.07. The fourth-order valence-corrected chi connectivity index (χ4v) is 3.44. The summed E-state index contributed by atoms with van der Waals surface area (Å²) in [5.41, 5.74) is 1.78. The van der Waals surface area contributed by atoms with Crippen LogP contribution in [0.5, 0.6) is 0 Å². The van der Waals surface area contributed by atoms with Crippen molar-refractivity contribution < 1.29 is 14.0 Å². The minimum absolute atomic E-state index is 0.128. The average molecular weight is 393 g/mol. The molecule has 1 N–H and O–H groups in total. The third-order valence-corrected chi connectivity index (χ3v) is 4.83. The van der Waals surface area contributed by atoms with Crippen LogP contribution in [0.25, 0.3) is 11.3 Å². The number of carbonyl (C=O) groups excluding carboxylic acids is 2. The van der Waals surface area contributed by atoms with Gasteiger partial charge in [0.25, 0.3) is 11.8 Å². The number of aryl methyl sites for hydroxylation is 1. The first kappa shape index (κ1) is 18.8. The Labute approximate surface area is 167 Å². The molecule has 0 spiro atoms. The van der Waals surface area contributed by atoms with Crippen molar-refractivity contribution in [3.63, 3.8) is 0 Å². The van der Waals surface area contributed by atoms with Gasteiger partial charge in [-0.25, -0.2) is 4.39 Å². The number of likely N-dealkylation sites (tertiary alicyclic amines) is 1. The lowest BCUT2D eigenvalue weighted by molar-refractivity contribution is 0.0793. The summed E-state index contributed by atoms with van der Waals surface area (Å²) in [7, 11) is 1.73. The largest absolute Gasteiger partial charge is 0.339 e. The molecule has 0 bridgehead atoms. The Balaban J connectivity index is 1.67. The lowest BCUT2D eigenvalue weighted by Gasteiger charge is -2.17. The van der Waals surface area contributed by atoms with E-state index in [4.69, 9.17) is 0 Å². The first-order valence-electron chi connectivity index (χ1n) is 9.36. The second-order valence-corrected chi connectivity index (χ2v) is 6.98. The maximum atomic E-state index is 14.3. The van der Waals surface area contributed by atoms with E-state index in [1.807, 2.05) is 0 Å². The zero-order chi connectivity index (χ0) is 20.4. The number of hydrogen-bond donors (Lipinski definition) is 1. The fraction of sp³-hybridized carbons (Fsp3) is 0.238. The molecule has 7 nitrogen and oxygen atoms in total. The van der Waals surface area contributed by atoms with Crippen LogP contribution in [0.15, 0.2) is 48.9 Å². The standard InChI is InChI=1S/C21H20FN5O2/c1-26-13-17(12-24-26)25-20(28)15-9-14(10-16(22)11-15)19-18(5-4-6-23-19)21(29)27-7-2-3-8-27/h4-6,9-13H,2-3,7-8H2,1H3,(H,25,28). The van der Waals surface area contributed by atoms with Gasteiger partial charge in [0.2, 0.25) is 0 Å². The second-order valence-electron chi connectivity index (χ2n) is 6.98. The van der Waals surface area contributed by atoms with Crippen LogP contribution in [0.4, 0.5) is 10.1 Å². The zero-order valence-electron chi connectivity index (χ0n) is 15.9. The normalized spacial score (nSPS) is 13.5. The van der Waals surface area contributed by atoms with Crippen molar-refractivity contribution in [2.45, 2.75) is 12.8 Å². The predicted octanol–water partition coefficient (Wildman–Crippen LogP) is 3.11. The van der Waals surface area contributed by atoms with Gasteiger partial charge >= 0.3 is 0 Å². The van der Waals surface area contributed by atoms with E-state index in [0.717, 1.165) is 18.9 Å². The van der Waals surface area contributed by atoms with Crippen LogP contribution < -0.4 is 5.32 Å². The number of hydrogen-bond acceptors (Lipinski definition) is 4. The van der Waals surface area contributed by atoms with Crippen LogP contribution in [0.1, 0.15) is 33.6 Å². The maximum Gasteiger partial charge on any atom is 0.256 e. The smallest absolute Gasteiger partial charge is 0.256 e. The number of pyridine rings is 1. The maximum absolute atomic E-state index is 14.3. The minimum atomic E-state index is -0.580. The van der Waals surface area contributed by atoms with Gasteiger partial charge in [-0.1, -0.05) is 0 Å². The number of anilines is 1. The molecule has 1 saturated heterocycles. The molecule has 8 heteroatoms. The summed E-state index contributed by atoms with van der Waals surface area (Å²) in [6.45, 7) is 1.41. The van der Waals surface area contributed by atoms with Gasteiger partial charge in [-0.15, -0.1) is 0 Å². The Hall–Kier alpha value is -3.55. The molecule has 148 valence electrons. The van der Waals surface area contributed by atoms with Crippen LogP contribution in [0, 0.1) is 5.82 Å². The van der Waals surface area contributed by atoms with Gasteiger partial charge in [-0.2, -0.15) is 5.10 Å². The number of amides is 2. The molecule has 0 unspecified atom stereocenters. The van der Waals surface area contributed by atoms with E-state index >= 15 is 0 Å². The first-order valence-corrected chi connectivity index (χ1v) is 9.36.